The minimum Gasteiger partial charge on any atom is -0.497 e. The van der Waals surface area contributed by atoms with Gasteiger partial charge in [0.2, 0.25) is 5.91 Å². The van der Waals surface area contributed by atoms with Crippen LogP contribution in [0.3, 0.4) is 0 Å². The molecule has 0 bridgehead atoms. The van der Waals surface area contributed by atoms with Gasteiger partial charge in [-0.2, -0.15) is 5.10 Å². The molecule has 0 N–H and O–H groups in total. The highest BCUT2D eigenvalue weighted by Gasteiger charge is 2.23. The summed E-state index contributed by atoms with van der Waals surface area (Å²) in [6.07, 6.45) is 0. The number of aryl methyl sites for hydroxylation is 1. The van der Waals surface area contributed by atoms with Crippen molar-refractivity contribution in [3.8, 4) is 11.5 Å². The van der Waals surface area contributed by atoms with E-state index < -0.39 is 4.92 Å². The fraction of sp³-hybridized carbons (Fsp3) is 0.412. The molecular weight excluding hydrogens is 340 g/mol. The third kappa shape index (κ3) is 4.50. The number of nitrogens with zero attached hydrogens (tertiary/aromatic N) is 4. The zero-order valence-electron chi connectivity index (χ0n) is 15.3. The van der Waals surface area contributed by atoms with Crippen molar-refractivity contribution in [1.29, 1.82) is 0 Å². The van der Waals surface area contributed by atoms with E-state index in [-0.39, 0.29) is 18.1 Å². The summed E-state index contributed by atoms with van der Waals surface area (Å²) < 4.78 is 12.0. The molecule has 0 saturated carbocycles. The number of hydrogen-bond acceptors (Lipinski definition) is 6. The molecule has 9 heteroatoms. The first-order chi connectivity index (χ1) is 12.3. The van der Waals surface area contributed by atoms with Crippen LogP contribution in [0.5, 0.6) is 11.5 Å². The number of benzene rings is 1. The molecule has 0 unspecified atom stereocenters. The lowest BCUT2D eigenvalue weighted by Gasteiger charge is -2.18. The first-order valence-corrected chi connectivity index (χ1v) is 8.02. The first-order valence-electron chi connectivity index (χ1n) is 8.02. The van der Waals surface area contributed by atoms with Gasteiger partial charge in [-0.3, -0.25) is 19.6 Å². The maximum absolute atomic E-state index is 12.3. The van der Waals surface area contributed by atoms with Crippen LogP contribution >= 0.6 is 0 Å². The van der Waals surface area contributed by atoms with E-state index >= 15 is 0 Å². The van der Waals surface area contributed by atoms with Crippen molar-refractivity contribution in [1.82, 2.24) is 14.7 Å². The number of nitro groups is 1. The first kappa shape index (κ1) is 19.2. The second-order valence-corrected chi connectivity index (χ2v) is 5.77. The third-order valence-corrected chi connectivity index (χ3v) is 3.99. The van der Waals surface area contributed by atoms with E-state index in [4.69, 9.17) is 9.47 Å². The highest BCUT2D eigenvalue weighted by atomic mass is 16.6. The Morgan fingerprint density at radius 1 is 1.27 bits per heavy atom. The number of hydrogen-bond donors (Lipinski definition) is 0. The number of rotatable bonds is 8. The van der Waals surface area contributed by atoms with E-state index in [0.29, 0.717) is 30.3 Å². The molecule has 0 aliphatic rings. The van der Waals surface area contributed by atoms with Crippen LogP contribution in [0.25, 0.3) is 0 Å². The van der Waals surface area contributed by atoms with Crippen molar-refractivity contribution in [3.63, 3.8) is 0 Å². The van der Waals surface area contributed by atoms with E-state index in [9.17, 15) is 14.9 Å². The van der Waals surface area contributed by atoms with Crippen molar-refractivity contribution in [3.05, 3.63) is 45.8 Å². The average Bonchev–Trinajstić information content (AvgIpc) is 2.88. The summed E-state index contributed by atoms with van der Waals surface area (Å²) >= 11 is 0. The lowest BCUT2D eigenvalue weighted by atomic mass is 10.3. The quantitative estimate of drug-likeness (QED) is 0.526. The normalized spacial score (nSPS) is 10.5. The Morgan fingerprint density at radius 2 is 1.88 bits per heavy atom. The highest BCUT2D eigenvalue weighted by molar-refractivity contribution is 5.75. The summed E-state index contributed by atoms with van der Waals surface area (Å²) in [5, 5.41) is 15.1. The van der Waals surface area contributed by atoms with E-state index in [1.165, 1.54) is 9.58 Å². The van der Waals surface area contributed by atoms with Crippen molar-refractivity contribution in [2.45, 2.75) is 20.4 Å². The van der Waals surface area contributed by atoms with E-state index in [2.05, 4.69) is 5.10 Å². The molecule has 9 nitrogen and oxygen atoms in total. The number of amides is 1. The SMILES string of the molecule is COc1ccc(OCCN(C)C(=O)Cn2nc(C)c([N+](=O)[O-])c2C)cc1. The van der Waals surface area contributed by atoms with E-state index in [1.54, 1.807) is 52.3 Å². The molecule has 1 heterocycles. The van der Waals surface area contributed by atoms with Gasteiger partial charge in [-0.15, -0.1) is 0 Å². The predicted molar refractivity (Wildman–Crippen MR) is 94.5 cm³/mol. The monoisotopic (exact) mass is 362 g/mol. The van der Waals surface area contributed by atoms with Gasteiger partial charge in [0.05, 0.1) is 18.6 Å². The molecule has 2 aromatic rings. The van der Waals surface area contributed by atoms with Gasteiger partial charge in [-0.25, -0.2) is 0 Å². The number of aromatic nitrogens is 2. The molecule has 26 heavy (non-hydrogen) atoms. The minimum absolute atomic E-state index is 0.0525. The van der Waals surface area contributed by atoms with Gasteiger partial charge in [-0.1, -0.05) is 0 Å². The van der Waals surface area contributed by atoms with Crippen LogP contribution in [0.15, 0.2) is 24.3 Å². The number of ether oxygens (including phenoxy) is 2. The summed E-state index contributed by atoms with van der Waals surface area (Å²) in [7, 11) is 3.24. The van der Waals surface area contributed by atoms with Crippen LogP contribution in [-0.4, -0.2) is 52.8 Å². The van der Waals surface area contributed by atoms with Crippen LogP contribution < -0.4 is 9.47 Å². The Labute approximate surface area is 151 Å². The van der Waals surface area contributed by atoms with Gasteiger partial charge < -0.3 is 14.4 Å². The summed E-state index contributed by atoms with van der Waals surface area (Å²) in [6, 6.07) is 7.16. The lowest BCUT2D eigenvalue weighted by Crippen LogP contribution is -2.34. The minimum atomic E-state index is -0.481. The van der Waals surface area contributed by atoms with Crippen LogP contribution in [0.4, 0.5) is 5.69 Å². The van der Waals surface area contributed by atoms with Gasteiger partial charge >= 0.3 is 5.69 Å². The van der Waals surface area contributed by atoms with Gasteiger partial charge in [0, 0.05) is 7.05 Å². The van der Waals surface area contributed by atoms with E-state index in [0.717, 1.165) is 5.75 Å². The summed E-state index contributed by atoms with van der Waals surface area (Å²) in [4.78, 5) is 24.4. The zero-order chi connectivity index (χ0) is 19.3. The number of likely N-dealkylation sites (N-methyl/N-ethyl adjacent to an activating group) is 1. The van der Waals surface area contributed by atoms with Gasteiger partial charge in [0.1, 0.15) is 36.0 Å². The molecule has 1 aromatic heterocycles. The maximum atomic E-state index is 12.3. The lowest BCUT2D eigenvalue weighted by molar-refractivity contribution is -0.386. The second-order valence-electron chi connectivity index (χ2n) is 5.77. The molecule has 0 fully saturated rings. The Morgan fingerprint density at radius 3 is 2.42 bits per heavy atom. The molecular formula is C17H22N4O5. The molecule has 2 rings (SSSR count). The molecule has 0 saturated heterocycles. The van der Waals surface area contributed by atoms with Crippen LogP contribution in [-0.2, 0) is 11.3 Å². The zero-order valence-corrected chi connectivity index (χ0v) is 15.3. The average molecular weight is 362 g/mol. The van der Waals surface area contributed by atoms with Gasteiger partial charge in [0.25, 0.3) is 0 Å². The molecule has 1 aromatic carbocycles. The molecule has 0 aliphatic carbocycles. The largest absolute Gasteiger partial charge is 0.497 e. The Hall–Kier alpha value is -3.10. The predicted octanol–water partition coefficient (Wildman–Crippen LogP) is 1.95. The van der Waals surface area contributed by atoms with Crippen molar-refractivity contribution >= 4 is 11.6 Å². The standard InChI is InChI=1S/C17H22N4O5/c1-12-17(21(23)24)13(2)20(18-12)11-16(22)19(3)9-10-26-15-7-5-14(25-4)6-8-15/h5-8H,9-11H2,1-4H3. The second kappa shape index (κ2) is 8.32. The Bertz CT molecular complexity index is 785. The molecule has 0 aliphatic heterocycles. The highest BCUT2D eigenvalue weighted by Crippen LogP contribution is 2.21. The molecule has 0 atom stereocenters. The fourth-order valence-electron chi connectivity index (χ4n) is 2.45. The molecule has 0 spiro atoms. The summed E-state index contributed by atoms with van der Waals surface area (Å²) in [6.45, 7) is 3.79. The van der Waals surface area contributed by atoms with Gasteiger partial charge in [0.15, 0.2) is 0 Å². The van der Waals surface area contributed by atoms with Crippen LogP contribution in [0, 0.1) is 24.0 Å². The molecule has 0 radical (unpaired) electrons. The summed E-state index contributed by atoms with van der Waals surface area (Å²) in [5.41, 5.74) is 0.609. The fourth-order valence-corrected chi connectivity index (χ4v) is 2.45. The third-order valence-electron chi connectivity index (χ3n) is 3.99. The maximum Gasteiger partial charge on any atom is 0.312 e. The van der Waals surface area contributed by atoms with Crippen LogP contribution in [0.2, 0.25) is 0 Å². The van der Waals surface area contributed by atoms with Crippen molar-refractivity contribution in [2.24, 2.45) is 0 Å². The smallest absolute Gasteiger partial charge is 0.312 e. The number of carbonyl (C=O) groups is 1. The molecule has 140 valence electrons. The van der Waals surface area contributed by atoms with E-state index in [1.807, 2.05) is 0 Å². The number of carbonyl (C=O) groups excluding carboxylic acids is 1. The molecule has 1 amide bonds. The van der Waals surface area contributed by atoms with Crippen LogP contribution in [0.1, 0.15) is 11.4 Å². The Kier molecular flexibility index (Phi) is 6.16. The Balaban J connectivity index is 1.87. The topological polar surface area (TPSA) is 99.7 Å². The van der Waals surface area contributed by atoms with Crippen molar-refractivity contribution in [2.75, 3.05) is 27.3 Å². The summed E-state index contributed by atoms with van der Waals surface area (Å²) in [5.74, 6) is 1.22. The number of methoxy groups -OCH3 is 1. The van der Waals surface area contributed by atoms with Crippen molar-refractivity contribution < 1.29 is 19.2 Å². The van der Waals surface area contributed by atoms with Gasteiger partial charge in [-0.05, 0) is 38.1 Å².